The molecular formula is C23H25Cl3N2O4. The van der Waals surface area contributed by atoms with Gasteiger partial charge in [-0.3, -0.25) is 9.59 Å². The van der Waals surface area contributed by atoms with Crippen LogP contribution in [0, 0.1) is 0 Å². The SMILES string of the molecule is CC1(NC(=O)CCOc2cccc(Cl)c2)CC(C)(NC(=O)COc2ccc(Cl)c(Cl)c2)C1. The molecule has 0 atom stereocenters. The van der Waals surface area contributed by atoms with E-state index in [1.165, 1.54) is 0 Å². The molecule has 0 bridgehead atoms. The van der Waals surface area contributed by atoms with Gasteiger partial charge in [-0.05, 0) is 57.0 Å². The number of carbonyl (C=O) groups is 2. The molecular weight excluding hydrogens is 475 g/mol. The van der Waals surface area contributed by atoms with E-state index in [2.05, 4.69) is 10.6 Å². The Bertz CT molecular complexity index is 993. The number of amides is 2. The summed E-state index contributed by atoms with van der Waals surface area (Å²) >= 11 is 17.7. The highest BCUT2D eigenvalue weighted by Crippen LogP contribution is 2.41. The second-order valence-electron chi connectivity index (χ2n) is 8.49. The molecule has 172 valence electrons. The number of ether oxygens (including phenoxy) is 2. The number of carbonyl (C=O) groups excluding carboxylic acids is 2. The van der Waals surface area contributed by atoms with Crippen LogP contribution < -0.4 is 20.1 Å². The van der Waals surface area contributed by atoms with Crippen molar-refractivity contribution < 1.29 is 19.1 Å². The van der Waals surface area contributed by atoms with Crippen molar-refractivity contribution in [2.75, 3.05) is 13.2 Å². The Morgan fingerprint density at radius 3 is 2.19 bits per heavy atom. The number of hydrogen-bond donors (Lipinski definition) is 2. The Balaban J connectivity index is 1.38. The van der Waals surface area contributed by atoms with E-state index in [0.29, 0.717) is 39.4 Å². The van der Waals surface area contributed by atoms with Crippen LogP contribution in [0.25, 0.3) is 0 Å². The quantitative estimate of drug-likeness (QED) is 0.507. The van der Waals surface area contributed by atoms with Gasteiger partial charge in [0.2, 0.25) is 5.91 Å². The van der Waals surface area contributed by atoms with Crippen molar-refractivity contribution in [2.45, 2.75) is 44.2 Å². The first-order valence-corrected chi connectivity index (χ1v) is 11.3. The van der Waals surface area contributed by atoms with Gasteiger partial charge in [-0.15, -0.1) is 0 Å². The number of nitrogens with one attached hydrogen (secondary N) is 2. The summed E-state index contributed by atoms with van der Waals surface area (Å²) in [7, 11) is 0. The maximum atomic E-state index is 12.3. The molecule has 0 saturated heterocycles. The van der Waals surface area contributed by atoms with Crippen LogP contribution in [0.1, 0.15) is 33.1 Å². The first kappa shape index (κ1) is 24.5. The lowest BCUT2D eigenvalue weighted by Crippen LogP contribution is -2.68. The standard InChI is InChI=1S/C23H25Cl3N2O4/c1-22(27-20(29)8-9-31-16-5-3-4-15(24)10-16)13-23(2,14-22)28-21(30)12-32-17-6-7-18(25)19(26)11-17/h3-7,10-11H,8-9,12-14H2,1-2H3,(H,27,29)(H,28,30). The van der Waals surface area contributed by atoms with Crippen LogP contribution in [0.5, 0.6) is 11.5 Å². The predicted octanol–water partition coefficient (Wildman–Crippen LogP) is 5.04. The second-order valence-corrected chi connectivity index (χ2v) is 9.74. The zero-order valence-corrected chi connectivity index (χ0v) is 20.1. The molecule has 0 aliphatic heterocycles. The fourth-order valence-electron chi connectivity index (χ4n) is 4.15. The number of rotatable bonds is 9. The molecule has 1 fully saturated rings. The van der Waals surface area contributed by atoms with E-state index < -0.39 is 5.54 Å². The van der Waals surface area contributed by atoms with Crippen molar-refractivity contribution in [3.63, 3.8) is 0 Å². The highest BCUT2D eigenvalue weighted by molar-refractivity contribution is 6.42. The molecule has 6 nitrogen and oxygen atoms in total. The van der Waals surface area contributed by atoms with Gasteiger partial charge in [-0.1, -0.05) is 40.9 Å². The molecule has 0 unspecified atom stereocenters. The average Bonchev–Trinajstić information content (AvgIpc) is 2.67. The van der Waals surface area contributed by atoms with Crippen molar-refractivity contribution in [3.05, 3.63) is 57.5 Å². The van der Waals surface area contributed by atoms with Crippen LogP contribution in [-0.2, 0) is 9.59 Å². The van der Waals surface area contributed by atoms with Crippen molar-refractivity contribution in [2.24, 2.45) is 0 Å². The topological polar surface area (TPSA) is 76.7 Å². The van der Waals surface area contributed by atoms with Crippen LogP contribution >= 0.6 is 34.8 Å². The highest BCUT2D eigenvalue weighted by atomic mass is 35.5. The second kappa shape index (κ2) is 10.2. The molecule has 0 radical (unpaired) electrons. The van der Waals surface area contributed by atoms with Crippen molar-refractivity contribution in [1.29, 1.82) is 0 Å². The molecule has 0 spiro atoms. The first-order valence-electron chi connectivity index (χ1n) is 10.1. The van der Waals surface area contributed by atoms with Crippen molar-refractivity contribution in [1.82, 2.24) is 10.6 Å². The molecule has 3 rings (SSSR count). The molecule has 2 aromatic carbocycles. The smallest absolute Gasteiger partial charge is 0.258 e. The van der Waals surface area contributed by atoms with Crippen LogP contribution in [0.4, 0.5) is 0 Å². The fraction of sp³-hybridized carbons (Fsp3) is 0.391. The van der Waals surface area contributed by atoms with Gasteiger partial charge in [-0.2, -0.15) is 0 Å². The average molecular weight is 500 g/mol. The molecule has 2 N–H and O–H groups in total. The minimum atomic E-state index is -0.419. The lowest BCUT2D eigenvalue weighted by Gasteiger charge is -2.53. The van der Waals surface area contributed by atoms with Crippen LogP contribution in [0.15, 0.2) is 42.5 Å². The summed E-state index contributed by atoms with van der Waals surface area (Å²) in [5.74, 6) is 0.733. The lowest BCUT2D eigenvalue weighted by molar-refractivity contribution is -0.129. The first-order chi connectivity index (χ1) is 15.1. The predicted molar refractivity (Wildman–Crippen MR) is 126 cm³/mol. The summed E-state index contributed by atoms with van der Waals surface area (Å²) < 4.78 is 11.0. The van der Waals surface area contributed by atoms with Gasteiger partial charge >= 0.3 is 0 Å². The molecule has 0 aromatic heterocycles. The van der Waals surface area contributed by atoms with E-state index in [0.717, 1.165) is 0 Å². The van der Waals surface area contributed by atoms with Crippen molar-refractivity contribution >= 4 is 46.6 Å². The Labute approximate surface area is 202 Å². The van der Waals surface area contributed by atoms with Crippen molar-refractivity contribution in [3.8, 4) is 11.5 Å². The molecule has 9 heteroatoms. The van der Waals surface area contributed by atoms with E-state index in [9.17, 15) is 9.59 Å². The van der Waals surface area contributed by atoms with E-state index in [1.807, 2.05) is 13.8 Å². The fourth-order valence-corrected chi connectivity index (χ4v) is 4.62. The van der Waals surface area contributed by atoms with Gasteiger partial charge in [0.1, 0.15) is 11.5 Å². The molecule has 32 heavy (non-hydrogen) atoms. The molecule has 1 aliphatic rings. The zero-order valence-electron chi connectivity index (χ0n) is 17.8. The van der Waals surface area contributed by atoms with Crippen LogP contribution in [0.3, 0.4) is 0 Å². The highest BCUT2D eigenvalue weighted by Gasteiger charge is 2.50. The zero-order chi connectivity index (χ0) is 23.4. The monoisotopic (exact) mass is 498 g/mol. The van der Waals surface area contributed by atoms with Crippen LogP contribution in [-0.4, -0.2) is 36.1 Å². The largest absolute Gasteiger partial charge is 0.493 e. The minimum Gasteiger partial charge on any atom is -0.493 e. The van der Waals surface area contributed by atoms with E-state index in [-0.39, 0.29) is 37.0 Å². The lowest BCUT2D eigenvalue weighted by atomic mass is 9.64. The summed E-state index contributed by atoms with van der Waals surface area (Å²) in [5, 5.41) is 7.37. The van der Waals surface area contributed by atoms with E-state index in [1.54, 1.807) is 42.5 Å². The summed E-state index contributed by atoms with van der Waals surface area (Å²) in [5.41, 5.74) is -0.808. The number of halogens is 3. The summed E-state index contributed by atoms with van der Waals surface area (Å²) in [6.07, 6.45) is 1.45. The van der Waals surface area contributed by atoms with Gasteiger partial charge in [-0.25, -0.2) is 0 Å². The van der Waals surface area contributed by atoms with E-state index >= 15 is 0 Å². The summed E-state index contributed by atoms with van der Waals surface area (Å²) in [6, 6.07) is 11.9. The Hall–Kier alpha value is -2.15. The molecule has 0 heterocycles. The Kier molecular flexibility index (Phi) is 7.80. The third-order valence-electron chi connectivity index (χ3n) is 5.10. The molecule has 2 amide bonds. The summed E-state index contributed by atoms with van der Waals surface area (Å²) in [6.45, 7) is 4.02. The van der Waals surface area contributed by atoms with Gasteiger partial charge < -0.3 is 20.1 Å². The Morgan fingerprint density at radius 1 is 0.875 bits per heavy atom. The Morgan fingerprint density at radius 2 is 1.53 bits per heavy atom. The van der Waals surface area contributed by atoms with Crippen LogP contribution in [0.2, 0.25) is 15.1 Å². The maximum absolute atomic E-state index is 12.3. The van der Waals surface area contributed by atoms with Gasteiger partial charge in [0.05, 0.1) is 23.1 Å². The van der Waals surface area contributed by atoms with Gasteiger partial charge in [0, 0.05) is 22.2 Å². The van der Waals surface area contributed by atoms with Gasteiger partial charge in [0.25, 0.3) is 5.91 Å². The third kappa shape index (κ3) is 6.92. The normalized spacial score (nSPS) is 21.9. The summed E-state index contributed by atoms with van der Waals surface area (Å²) in [4.78, 5) is 24.6. The molecule has 2 aromatic rings. The number of hydrogen-bond acceptors (Lipinski definition) is 4. The molecule has 1 aliphatic carbocycles. The third-order valence-corrected chi connectivity index (χ3v) is 6.07. The van der Waals surface area contributed by atoms with Gasteiger partial charge in [0.15, 0.2) is 6.61 Å². The van der Waals surface area contributed by atoms with E-state index in [4.69, 9.17) is 44.3 Å². The maximum Gasteiger partial charge on any atom is 0.258 e. The number of benzene rings is 2. The molecule has 1 saturated carbocycles. The minimum absolute atomic E-state index is 0.106.